The minimum Gasteiger partial charge on any atom is -0.462 e. The van der Waals surface area contributed by atoms with E-state index < -0.39 is 97.5 Å². The zero-order valence-corrected chi connectivity index (χ0v) is 61.5. The molecular formula is C73H142O17P2. The predicted octanol–water partition coefficient (Wildman–Crippen LogP) is 21.3. The molecule has 0 aromatic heterocycles. The van der Waals surface area contributed by atoms with Gasteiger partial charge in [0.1, 0.15) is 19.3 Å². The molecule has 0 aromatic rings. The monoisotopic (exact) mass is 1350 g/mol. The number of esters is 4. The Labute approximate surface area is 562 Å². The minimum atomic E-state index is -4.95. The molecule has 546 valence electrons. The Morgan fingerprint density at radius 3 is 0.739 bits per heavy atom. The van der Waals surface area contributed by atoms with Crippen molar-refractivity contribution in [1.29, 1.82) is 0 Å². The van der Waals surface area contributed by atoms with Gasteiger partial charge >= 0.3 is 39.5 Å². The zero-order chi connectivity index (χ0) is 67.7. The Morgan fingerprint density at radius 1 is 0.293 bits per heavy atom. The lowest BCUT2D eigenvalue weighted by atomic mass is 10.0. The van der Waals surface area contributed by atoms with Crippen LogP contribution in [0.25, 0.3) is 0 Å². The largest absolute Gasteiger partial charge is 0.472 e. The van der Waals surface area contributed by atoms with E-state index in [-0.39, 0.29) is 25.7 Å². The third-order valence-electron chi connectivity index (χ3n) is 17.0. The van der Waals surface area contributed by atoms with Gasteiger partial charge in [-0.25, -0.2) is 9.13 Å². The number of ether oxygens (including phenoxy) is 4. The molecule has 19 heteroatoms. The molecule has 3 N–H and O–H groups in total. The van der Waals surface area contributed by atoms with Crippen molar-refractivity contribution in [3.8, 4) is 0 Å². The first-order chi connectivity index (χ1) is 44.5. The number of phosphoric acid groups is 2. The van der Waals surface area contributed by atoms with E-state index in [1.54, 1.807) is 0 Å². The molecule has 0 aliphatic carbocycles. The summed E-state index contributed by atoms with van der Waals surface area (Å²) in [5.74, 6) is -1.33. The summed E-state index contributed by atoms with van der Waals surface area (Å²) in [6, 6.07) is 0. The van der Waals surface area contributed by atoms with Crippen LogP contribution in [0.2, 0.25) is 0 Å². The van der Waals surface area contributed by atoms with Gasteiger partial charge in [-0.1, -0.05) is 330 Å². The Bertz CT molecular complexity index is 1770. The third-order valence-corrected chi connectivity index (χ3v) is 18.9. The molecule has 0 aromatic carbocycles. The van der Waals surface area contributed by atoms with Crippen LogP contribution in [0, 0.1) is 5.92 Å². The highest BCUT2D eigenvalue weighted by atomic mass is 31.2. The van der Waals surface area contributed by atoms with Gasteiger partial charge in [0.15, 0.2) is 12.2 Å². The molecule has 0 fully saturated rings. The maximum Gasteiger partial charge on any atom is 0.472 e. The maximum atomic E-state index is 13.1. The van der Waals surface area contributed by atoms with Crippen LogP contribution in [0.1, 0.15) is 381 Å². The van der Waals surface area contributed by atoms with E-state index in [1.165, 1.54) is 199 Å². The van der Waals surface area contributed by atoms with Crippen molar-refractivity contribution in [3.05, 3.63) is 0 Å². The van der Waals surface area contributed by atoms with Crippen LogP contribution in [0.15, 0.2) is 0 Å². The molecule has 0 saturated carbocycles. The maximum absolute atomic E-state index is 13.1. The summed E-state index contributed by atoms with van der Waals surface area (Å²) in [4.78, 5) is 72.6. The number of carbonyl (C=O) groups is 4. The number of carbonyl (C=O) groups excluding carboxylic acids is 4. The van der Waals surface area contributed by atoms with Crippen LogP contribution in [0.3, 0.4) is 0 Å². The normalized spacial score (nSPS) is 14.0. The minimum absolute atomic E-state index is 0.107. The lowest BCUT2D eigenvalue weighted by Gasteiger charge is -2.21. The SMILES string of the molecule is CCCCCCCCCCCCCCCCCCC(=O)OC[C@H](COP(=O)(O)OC[C@@H](O)COP(=O)(O)OC[C@@H](COC(=O)CCCCCCCCCC)OC(=O)CCCCCCCCCCCCCC)OC(=O)CCCCCCCCCCCCCCCC(C)C. The summed E-state index contributed by atoms with van der Waals surface area (Å²) in [5, 5.41) is 10.6. The highest BCUT2D eigenvalue weighted by Crippen LogP contribution is 2.45. The number of phosphoric ester groups is 2. The molecule has 0 heterocycles. The molecular weight excluding hydrogens is 1210 g/mol. The van der Waals surface area contributed by atoms with Crippen molar-refractivity contribution in [2.75, 3.05) is 39.6 Å². The summed E-state index contributed by atoms with van der Waals surface area (Å²) in [6.45, 7) is 7.27. The van der Waals surface area contributed by atoms with Gasteiger partial charge in [0.2, 0.25) is 0 Å². The number of hydrogen-bond acceptors (Lipinski definition) is 15. The zero-order valence-electron chi connectivity index (χ0n) is 59.7. The van der Waals surface area contributed by atoms with Crippen molar-refractivity contribution >= 4 is 39.5 Å². The smallest absolute Gasteiger partial charge is 0.462 e. The first kappa shape index (κ1) is 90.1. The molecule has 0 aliphatic rings. The standard InChI is InChI=1S/C73H142O17P2/c1-6-9-12-15-18-21-23-25-26-27-30-34-37-42-47-52-57-71(76)84-63-69(90-73(78)59-54-49-44-39-35-31-28-29-32-36-40-45-50-55-66(4)5)65-88-92(81,82)86-61-67(74)60-85-91(79,80)87-64-68(62-83-70(75)56-51-46-41-20-17-14-11-8-3)89-72(77)58-53-48-43-38-33-24-22-19-16-13-10-7-2/h66-69,74H,6-65H2,1-5H3,(H,79,80)(H,81,82)/t67-,68+,69+/m0/s1. The van der Waals surface area contributed by atoms with E-state index in [9.17, 15) is 43.2 Å². The van der Waals surface area contributed by atoms with E-state index in [1.807, 2.05) is 0 Å². The molecule has 17 nitrogen and oxygen atoms in total. The second-order valence-corrected chi connectivity index (χ2v) is 29.7. The van der Waals surface area contributed by atoms with Gasteiger partial charge in [-0.05, 0) is 31.6 Å². The molecule has 0 aliphatic heterocycles. The van der Waals surface area contributed by atoms with Gasteiger partial charge in [-0.15, -0.1) is 0 Å². The fraction of sp³-hybridized carbons (Fsp3) is 0.945. The average molecular weight is 1350 g/mol. The van der Waals surface area contributed by atoms with Crippen LogP contribution in [0.5, 0.6) is 0 Å². The fourth-order valence-electron chi connectivity index (χ4n) is 11.2. The van der Waals surface area contributed by atoms with Crippen LogP contribution in [-0.4, -0.2) is 96.7 Å². The van der Waals surface area contributed by atoms with Gasteiger partial charge in [-0.2, -0.15) is 0 Å². The highest BCUT2D eigenvalue weighted by molar-refractivity contribution is 7.47. The fourth-order valence-corrected chi connectivity index (χ4v) is 12.8. The summed E-state index contributed by atoms with van der Waals surface area (Å²) in [7, 11) is -9.90. The van der Waals surface area contributed by atoms with E-state index in [0.29, 0.717) is 25.7 Å². The van der Waals surface area contributed by atoms with Crippen LogP contribution < -0.4 is 0 Å². The quantitative estimate of drug-likeness (QED) is 0.0222. The summed E-state index contributed by atoms with van der Waals surface area (Å²) >= 11 is 0. The first-order valence-electron chi connectivity index (χ1n) is 38.1. The lowest BCUT2D eigenvalue weighted by Crippen LogP contribution is -2.30. The Hall–Kier alpha value is -1.94. The summed E-state index contributed by atoms with van der Waals surface area (Å²) in [6.07, 6.45) is 54.0. The van der Waals surface area contributed by atoms with Gasteiger partial charge < -0.3 is 33.8 Å². The molecule has 0 amide bonds. The van der Waals surface area contributed by atoms with E-state index in [4.69, 9.17) is 37.0 Å². The van der Waals surface area contributed by atoms with Gasteiger partial charge in [-0.3, -0.25) is 37.3 Å². The highest BCUT2D eigenvalue weighted by Gasteiger charge is 2.30. The van der Waals surface area contributed by atoms with Crippen molar-refractivity contribution in [2.24, 2.45) is 5.92 Å². The van der Waals surface area contributed by atoms with Gasteiger partial charge in [0, 0.05) is 25.7 Å². The number of hydrogen-bond donors (Lipinski definition) is 3. The van der Waals surface area contributed by atoms with Gasteiger partial charge in [0.05, 0.1) is 26.4 Å². The molecule has 0 saturated heterocycles. The Balaban J connectivity index is 5.21. The molecule has 0 bridgehead atoms. The summed E-state index contributed by atoms with van der Waals surface area (Å²) in [5.41, 5.74) is 0. The predicted molar refractivity (Wildman–Crippen MR) is 372 cm³/mol. The van der Waals surface area contributed by atoms with Gasteiger partial charge in [0.25, 0.3) is 0 Å². The molecule has 2 unspecified atom stereocenters. The number of unbranched alkanes of at least 4 members (excludes halogenated alkanes) is 45. The topological polar surface area (TPSA) is 237 Å². The molecule has 0 radical (unpaired) electrons. The molecule has 0 rings (SSSR count). The Kier molecular flexibility index (Phi) is 64.9. The van der Waals surface area contributed by atoms with Crippen LogP contribution >= 0.6 is 15.6 Å². The lowest BCUT2D eigenvalue weighted by molar-refractivity contribution is -0.161. The van der Waals surface area contributed by atoms with Crippen LogP contribution in [-0.2, 0) is 65.4 Å². The van der Waals surface area contributed by atoms with Crippen molar-refractivity contribution < 1.29 is 80.2 Å². The number of aliphatic hydroxyl groups is 1. The Morgan fingerprint density at radius 2 is 0.500 bits per heavy atom. The second-order valence-electron chi connectivity index (χ2n) is 26.8. The van der Waals surface area contributed by atoms with Crippen molar-refractivity contribution in [1.82, 2.24) is 0 Å². The van der Waals surface area contributed by atoms with E-state index >= 15 is 0 Å². The van der Waals surface area contributed by atoms with Crippen molar-refractivity contribution in [2.45, 2.75) is 400 Å². The first-order valence-corrected chi connectivity index (χ1v) is 41.1. The van der Waals surface area contributed by atoms with E-state index in [2.05, 4.69) is 34.6 Å². The third kappa shape index (κ3) is 66.7. The molecule has 0 spiro atoms. The molecule has 5 atom stereocenters. The van der Waals surface area contributed by atoms with Crippen LogP contribution in [0.4, 0.5) is 0 Å². The molecule has 92 heavy (non-hydrogen) atoms. The average Bonchev–Trinajstić information content (AvgIpc) is 3.59. The van der Waals surface area contributed by atoms with Crippen molar-refractivity contribution in [3.63, 3.8) is 0 Å². The second kappa shape index (κ2) is 66.3. The summed E-state index contributed by atoms with van der Waals surface area (Å²) < 4.78 is 68.4. The number of rotatable bonds is 73. The van der Waals surface area contributed by atoms with E-state index in [0.717, 1.165) is 102 Å². The number of aliphatic hydroxyl groups excluding tert-OH is 1.